The molecule has 0 aliphatic carbocycles. The third kappa shape index (κ3) is 1.50. The first kappa shape index (κ1) is 7.60. The zero-order valence-corrected chi connectivity index (χ0v) is 6.52. The third-order valence-corrected chi connectivity index (χ3v) is 2.61. The van der Waals surface area contributed by atoms with E-state index in [0.717, 1.165) is 11.5 Å². The summed E-state index contributed by atoms with van der Waals surface area (Å²) >= 11 is 1.37. The topological polar surface area (TPSA) is 49.7 Å². The highest BCUT2D eigenvalue weighted by atomic mass is 32.2. The first-order valence-electron chi connectivity index (χ1n) is 3.16. The number of aliphatic carboxylic acids is 1. The highest BCUT2D eigenvalue weighted by Crippen LogP contribution is 2.22. The predicted octanol–water partition coefficient (Wildman–Crippen LogP) is 0.995. The minimum Gasteiger partial charge on any atom is -0.480 e. The molecule has 0 radical (unpaired) electrons. The Kier molecular flexibility index (Phi) is 2.32. The van der Waals surface area contributed by atoms with Crippen LogP contribution in [0.15, 0.2) is 4.99 Å². The normalized spacial score (nSPS) is 24.5. The van der Waals surface area contributed by atoms with Gasteiger partial charge < -0.3 is 5.11 Å². The molecule has 0 saturated carbocycles. The molecule has 1 unspecified atom stereocenters. The summed E-state index contributed by atoms with van der Waals surface area (Å²) in [4.78, 5) is 14.4. The maximum Gasteiger partial charge on any atom is 0.318 e. The first-order valence-corrected chi connectivity index (χ1v) is 4.04. The summed E-state index contributed by atoms with van der Waals surface area (Å²) < 4.78 is 0. The Morgan fingerprint density at radius 1 is 2.00 bits per heavy atom. The second-order valence-electron chi connectivity index (χ2n) is 2.03. The molecule has 0 aromatic carbocycles. The van der Waals surface area contributed by atoms with Gasteiger partial charge in [0.1, 0.15) is 5.25 Å². The number of thioether (sulfide) groups is 1. The summed E-state index contributed by atoms with van der Waals surface area (Å²) in [6, 6.07) is 0. The van der Waals surface area contributed by atoms with Gasteiger partial charge in [0.25, 0.3) is 0 Å². The molecular formula is C6H9NO2S. The van der Waals surface area contributed by atoms with E-state index in [1.807, 2.05) is 6.92 Å². The summed E-state index contributed by atoms with van der Waals surface area (Å²) in [6.45, 7) is 2.43. The SMILES string of the molecule is CCC1=NCC(C(=O)O)S1. The summed E-state index contributed by atoms with van der Waals surface area (Å²) in [5.41, 5.74) is 0. The van der Waals surface area contributed by atoms with Crippen molar-refractivity contribution in [3.63, 3.8) is 0 Å². The lowest BCUT2D eigenvalue weighted by Gasteiger charge is -1.98. The molecule has 10 heavy (non-hydrogen) atoms. The van der Waals surface area contributed by atoms with Gasteiger partial charge in [-0.25, -0.2) is 0 Å². The Bertz CT molecular complexity index is 179. The molecule has 1 N–H and O–H groups in total. The minimum atomic E-state index is -0.753. The molecule has 0 saturated heterocycles. The molecule has 1 aliphatic rings. The maximum atomic E-state index is 10.4. The average Bonchev–Trinajstić information content (AvgIpc) is 2.34. The largest absolute Gasteiger partial charge is 0.480 e. The van der Waals surface area contributed by atoms with E-state index in [-0.39, 0.29) is 5.25 Å². The van der Waals surface area contributed by atoms with E-state index in [4.69, 9.17) is 5.11 Å². The third-order valence-electron chi connectivity index (χ3n) is 1.29. The molecule has 1 heterocycles. The molecule has 0 spiro atoms. The van der Waals surface area contributed by atoms with E-state index in [9.17, 15) is 4.79 Å². The Labute approximate surface area is 63.5 Å². The molecule has 0 bridgehead atoms. The Morgan fingerprint density at radius 2 is 2.70 bits per heavy atom. The molecule has 0 aromatic rings. The van der Waals surface area contributed by atoms with Crippen molar-refractivity contribution < 1.29 is 9.90 Å². The van der Waals surface area contributed by atoms with Gasteiger partial charge in [-0.1, -0.05) is 18.7 Å². The van der Waals surface area contributed by atoms with Gasteiger partial charge in [0.05, 0.1) is 11.6 Å². The zero-order valence-electron chi connectivity index (χ0n) is 5.70. The molecule has 0 aromatic heterocycles. The lowest BCUT2D eigenvalue weighted by molar-refractivity contribution is -0.136. The molecule has 4 heteroatoms. The van der Waals surface area contributed by atoms with Crippen LogP contribution in [0.25, 0.3) is 0 Å². The zero-order chi connectivity index (χ0) is 7.56. The maximum absolute atomic E-state index is 10.4. The molecule has 1 rings (SSSR count). The van der Waals surface area contributed by atoms with Gasteiger partial charge in [0.15, 0.2) is 0 Å². The fraction of sp³-hybridized carbons (Fsp3) is 0.667. The lowest BCUT2D eigenvalue weighted by atomic mass is 10.4. The van der Waals surface area contributed by atoms with E-state index in [1.54, 1.807) is 0 Å². The fourth-order valence-corrected chi connectivity index (χ4v) is 1.64. The van der Waals surface area contributed by atoms with Crippen LogP contribution in [0.2, 0.25) is 0 Å². The Morgan fingerprint density at radius 3 is 3.00 bits per heavy atom. The number of carboxylic acids is 1. The number of hydrogen-bond acceptors (Lipinski definition) is 3. The van der Waals surface area contributed by atoms with Crippen molar-refractivity contribution in [1.29, 1.82) is 0 Å². The van der Waals surface area contributed by atoms with Crippen molar-refractivity contribution in [3.05, 3.63) is 0 Å². The van der Waals surface area contributed by atoms with Gasteiger partial charge >= 0.3 is 5.97 Å². The second-order valence-corrected chi connectivity index (χ2v) is 3.31. The van der Waals surface area contributed by atoms with Gasteiger partial charge in [-0.15, -0.1) is 0 Å². The number of aliphatic imine (C=N–C) groups is 1. The van der Waals surface area contributed by atoms with Gasteiger partial charge in [-0.2, -0.15) is 0 Å². The van der Waals surface area contributed by atoms with Crippen LogP contribution in [0.5, 0.6) is 0 Å². The second kappa shape index (κ2) is 3.05. The number of nitrogens with zero attached hydrogens (tertiary/aromatic N) is 1. The monoisotopic (exact) mass is 159 g/mol. The molecule has 0 fully saturated rings. The van der Waals surface area contributed by atoms with E-state index in [0.29, 0.717) is 6.54 Å². The molecule has 1 atom stereocenters. The van der Waals surface area contributed by atoms with Crippen LogP contribution in [0.4, 0.5) is 0 Å². The van der Waals surface area contributed by atoms with E-state index >= 15 is 0 Å². The summed E-state index contributed by atoms with van der Waals surface area (Å²) in [7, 11) is 0. The molecule has 1 aliphatic heterocycles. The highest BCUT2D eigenvalue weighted by Gasteiger charge is 2.24. The molecule has 0 amide bonds. The van der Waals surface area contributed by atoms with Crippen LogP contribution in [0.3, 0.4) is 0 Å². The van der Waals surface area contributed by atoms with Crippen LogP contribution in [0, 0.1) is 0 Å². The Hall–Kier alpha value is -0.510. The first-order chi connectivity index (χ1) is 4.74. The molecular weight excluding hydrogens is 150 g/mol. The molecule has 3 nitrogen and oxygen atoms in total. The standard InChI is InChI=1S/C6H9NO2S/c1-2-5-7-3-4(10-5)6(8)9/h4H,2-3H2,1H3,(H,8,9). The van der Waals surface area contributed by atoms with Crippen molar-refractivity contribution in [2.75, 3.05) is 6.54 Å². The van der Waals surface area contributed by atoms with Crippen molar-refractivity contribution in [2.45, 2.75) is 18.6 Å². The number of carboxylic acid groups (broad SMARTS) is 1. The predicted molar refractivity (Wildman–Crippen MR) is 41.6 cm³/mol. The highest BCUT2D eigenvalue weighted by molar-refractivity contribution is 8.15. The fourth-order valence-electron chi connectivity index (χ4n) is 0.747. The van der Waals surface area contributed by atoms with E-state index in [2.05, 4.69) is 4.99 Å². The van der Waals surface area contributed by atoms with Crippen LogP contribution < -0.4 is 0 Å². The number of hydrogen-bond donors (Lipinski definition) is 1. The van der Waals surface area contributed by atoms with Gasteiger partial charge in [0.2, 0.25) is 0 Å². The lowest BCUT2D eigenvalue weighted by Crippen LogP contribution is -2.16. The summed E-state index contributed by atoms with van der Waals surface area (Å²) in [6.07, 6.45) is 0.856. The van der Waals surface area contributed by atoms with Crippen molar-refractivity contribution >= 4 is 22.8 Å². The van der Waals surface area contributed by atoms with E-state index < -0.39 is 5.97 Å². The van der Waals surface area contributed by atoms with E-state index in [1.165, 1.54) is 11.8 Å². The quantitative estimate of drug-likeness (QED) is 0.653. The van der Waals surface area contributed by atoms with Gasteiger partial charge in [-0.05, 0) is 6.42 Å². The average molecular weight is 159 g/mol. The van der Waals surface area contributed by atoms with Gasteiger partial charge in [-0.3, -0.25) is 9.79 Å². The van der Waals surface area contributed by atoms with Crippen LogP contribution >= 0.6 is 11.8 Å². The molecule has 56 valence electrons. The van der Waals surface area contributed by atoms with Crippen LogP contribution in [-0.2, 0) is 4.79 Å². The van der Waals surface area contributed by atoms with Crippen molar-refractivity contribution in [2.24, 2.45) is 4.99 Å². The number of rotatable bonds is 2. The van der Waals surface area contributed by atoms with Crippen molar-refractivity contribution in [1.82, 2.24) is 0 Å². The Balaban J connectivity index is 2.43. The van der Waals surface area contributed by atoms with Crippen LogP contribution in [0.1, 0.15) is 13.3 Å². The van der Waals surface area contributed by atoms with Crippen LogP contribution in [-0.4, -0.2) is 27.9 Å². The van der Waals surface area contributed by atoms with Gasteiger partial charge in [0, 0.05) is 0 Å². The summed E-state index contributed by atoms with van der Waals surface area (Å²) in [5.74, 6) is -0.753. The minimum absolute atomic E-state index is 0.324. The smallest absolute Gasteiger partial charge is 0.318 e. The number of carbonyl (C=O) groups is 1. The van der Waals surface area contributed by atoms with Crippen molar-refractivity contribution in [3.8, 4) is 0 Å². The summed E-state index contributed by atoms with van der Waals surface area (Å²) in [5, 5.41) is 9.17.